The van der Waals surface area contributed by atoms with Gasteiger partial charge in [-0.1, -0.05) is 0 Å². The van der Waals surface area contributed by atoms with Crippen molar-refractivity contribution in [3.8, 4) is 0 Å². The Hall–Kier alpha value is -0.810. The minimum absolute atomic E-state index is 0. The zero-order valence-corrected chi connectivity index (χ0v) is 14.5. The monoisotopic (exact) mass is 319 g/mol. The third-order valence-corrected chi connectivity index (χ3v) is 4.25. The standard InChI is InChI=1S/C15H29N3O2.ClH/c1-5-17(6-2)14(19)8-7-9-15(20)18-11-10-16-12(3)13(18)4;/h12-13,16H,5-11H2,1-4H3;1H. The van der Waals surface area contributed by atoms with Gasteiger partial charge in [-0.25, -0.2) is 0 Å². The van der Waals surface area contributed by atoms with Crippen LogP contribution >= 0.6 is 12.4 Å². The molecule has 2 amide bonds. The summed E-state index contributed by atoms with van der Waals surface area (Å²) in [5.41, 5.74) is 0. The third-order valence-electron chi connectivity index (χ3n) is 4.25. The van der Waals surface area contributed by atoms with Crippen molar-refractivity contribution in [1.29, 1.82) is 0 Å². The topological polar surface area (TPSA) is 52.7 Å². The fourth-order valence-electron chi connectivity index (χ4n) is 2.68. The second-order valence-corrected chi connectivity index (χ2v) is 5.49. The molecule has 21 heavy (non-hydrogen) atoms. The van der Waals surface area contributed by atoms with Crippen LogP contribution in [0, 0.1) is 0 Å². The molecule has 1 saturated heterocycles. The van der Waals surface area contributed by atoms with Gasteiger partial charge in [-0.05, 0) is 34.1 Å². The Morgan fingerprint density at radius 1 is 1.19 bits per heavy atom. The highest BCUT2D eigenvalue weighted by molar-refractivity contribution is 5.85. The van der Waals surface area contributed by atoms with Crippen LogP contribution in [-0.2, 0) is 9.59 Å². The first kappa shape index (κ1) is 20.2. The van der Waals surface area contributed by atoms with Gasteiger partial charge in [0.05, 0.1) is 0 Å². The molecule has 5 nitrogen and oxygen atoms in total. The van der Waals surface area contributed by atoms with Gasteiger partial charge in [0.1, 0.15) is 0 Å². The molecule has 1 rings (SSSR count). The van der Waals surface area contributed by atoms with E-state index in [-0.39, 0.29) is 30.3 Å². The Morgan fingerprint density at radius 3 is 2.38 bits per heavy atom. The molecule has 1 heterocycles. The molecule has 0 aromatic rings. The molecular weight excluding hydrogens is 290 g/mol. The van der Waals surface area contributed by atoms with Crippen LogP contribution in [-0.4, -0.2) is 59.9 Å². The first-order valence-electron chi connectivity index (χ1n) is 7.81. The molecule has 2 unspecified atom stereocenters. The molecule has 1 fully saturated rings. The van der Waals surface area contributed by atoms with E-state index in [9.17, 15) is 9.59 Å². The average molecular weight is 320 g/mol. The number of halogens is 1. The molecule has 0 aromatic carbocycles. The Bertz CT molecular complexity index is 335. The highest BCUT2D eigenvalue weighted by atomic mass is 35.5. The number of hydrogen-bond donors (Lipinski definition) is 1. The van der Waals surface area contributed by atoms with Crippen molar-refractivity contribution in [1.82, 2.24) is 15.1 Å². The lowest BCUT2D eigenvalue weighted by Gasteiger charge is -2.38. The summed E-state index contributed by atoms with van der Waals surface area (Å²) in [7, 11) is 0. The summed E-state index contributed by atoms with van der Waals surface area (Å²) in [4.78, 5) is 27.9. The van der Waals surface area contributed by atoms with Crippen molar-refractivity contribution >= 4 is 24.2 Å². The van der Waals surface area contributed by atoms with Crippen LogP contribution in [0.5, 0.6) is 0 Å². The van der Waals surface area contributed by atoms with Gasteiger partial charge < -0.3 is 15.1 Å². The molecule has 0 saturated carbocycles. The zero-order chi connectivity index (χ0) is 15.1. The van der Waals surface area contributed by atoms with E-state index in [0.29, 0.717) is 25.3 Å². The maximum Gasteiger partial charge on any atom is 0.222 e. The van der Waals surface area contributed by atoms with E-state index >= 15 is 0 Å². The number of piperazine rings is 1. The largest absolute Gasteiger partial charge is 0.343 e. The summed E-state index contributed by atoms with van der Waals surface area (Å²) in [6, 6.07) is 0.569. The number of rotatable bonds is 6. The van der Waals surface area contributed by atoms with Crippen molar-refractivity contribution in [3.05, 3.63) is 0 Å². The number of amides is 2. The first-order valence-corrected chi connectivity index (χ1v) is 7.81. The fourth-order valence-corrected chi connectivity index (χ4v) is 2.68. The smallest absolute Gasteiger partial charge is 0.222 e. The molecule has 1 aliphatic heterocycles. The molecule has 2 atom stereocenters. The summed E-state index contributed by atoms with van der Waals surface area (Å²) in [6.07, 6.45) is 1.60. The number of carbonyl (C=O) groups is 2. The van der Waals surface area contributed by atoms with Gasteiger partial charge in [0.25, 0.3) is 0 Å². The van der Waals surface area contributed by atoms with Gasteiger partial charge in [0.15, 0.2) is 0 Å². The van der Waals surface area contributed by atoms with Gasteiger partial charge in [-0.3, -0.25) is 9.59 Å². The highest BCUT2D eigenvalue weighted by Gasteiger charge is 2.27. The molecule has 1 N–H and O–H groups in total. The lowest BCUT2D eigenvalue weighted by atomic mass is 10.1. The quantitative estimate of drug-likeness (QED) is 0.810. The summed E-state index contributed by atoms with van der Waals surface area (Å²) in [5, 5.41) is 3.37. The van der Waals surface area contributed by atoms with Crippen LogP contribution in [0.1, 0.15) is 47.0 Å². The lowest BCUT2D eigenvalue weighted by Crippen LogP contribution is -2.57. The Balaban J connectivity index is 0.00000400. The van der Waals surface area contributed by atoms with E-state index in [1.807, 2.05) is 23.6 Å². The predicted octanol–water partition coefficient (Wildman–Crippen LogP) is 1.66. The van der Waals surface area contributed by atoms with Gasteiger partial charge in [0.2, 0.25) is 11.8 Å². The van der Waals surface area contributed by atoms with Crippen LogP contribution in [0.15, 0.2) is 0 Å². The average Bonchev–Trinajstić information content (AvgIpc) is 2.43. The Labute approximate surface area is 134 Å². The molecule has 6 heteroatoms. The third kappa shape index (κ3) is 5.83. The summed E-state index contributed by atoms with van der Waals surface area (Å²) < 4.78 is 0. The van der Waals surface area contributed by atoms with Crippen molar-refractivity contribution in [2.24, 2.45) is 0 Å². The maximum atomic E-state index is 12.2. The molecule has 124 valence electrons. The molecule has 0 radical (unpaired) electrons. The van der Waals surface area contributed by atoms with Crippen molar-refractivity contribution in [2.45, 2.75) is 59.0 Å². The van der Waals surface area contributed by atoms with E-state index in [0.717, 1.165) is 26.2 Å². The van der Waals surface area contributed by atoms with E-state index in [1.165, 1.54) is 0 Å². The summed E-state index contributed by atoms with van der Waals surface area (Å²) >= 11 is 0. The normalized spacial score (nSPS) is 21.6. The van der Waals surface area contributed by atoms with Gasteiger partial charge >= 0.3 is 0 Å². The van der Waals surface area contributed by atoms with Crippen LogP contribution < -0.4 is 5.32 Å². The lowest BCUT2D eigenvalue weighted by molar-refractivity contribution is -0.135. The van der Waals surface area contributed by atoms with Crippen LogP contribution in [0.25, 0.3) is 0 Å². The minimum Gasteiger partial charge on any atom is -0.343 e. The Morgan fingerprint density at radius 2 is 1.81 bits per heavy atom. The van der Waals surface area contributed by atoms with Gasteiger partial charge in [-0.15, -0.1) is 12.4 Å². The predicted molar refractivity (Wildman–Crippen MR) is 87.7 cm³/mol. The second kappa shape index (κ2) is 10.0. The van der Waals surface area contributed by atoms with Crippen LogP contribution in [0.2, 0.25) is 0 Å². The van der Waals surface area contributed by atoms with Crippen LogP contribution in [0.4, 0.5) is 0 Å². The number of carbonyl (C=O) groups excluding carboxylic acids is 2. The number of nitrogens with zero attached hydrogens (tertiary/aromatic N) is 2. The van der Waals surface area contributed by atoms with Crippen molar-refractivity contribution < 1.29 is 9.59 Å². The molecule has 0 spiro atoms. The van der Waals surface area contributed by atoms with E-state index in [4.69, 9.17) is 0 Å². The first-order chi connectivity index (χ1) is 9.51. The highest BCUT2D eigenvalue weighted by Crippen LogP contribution is 2.12. The molecule has 1 aliphatic rings. The number of nitrogens with one attached hydrogen (secondary N) is 1. The molecule has 0 bridgehead atoms. The van der Waals surface area contributed by atoms with Crippen molar-refractivity contribution in [2.75, 3.05) is 26.2 Å². The summed E-state index contributed by atoms with van der Waals surface area (Å²) in [6.45, 7) is 11.3. The van der Waals surface area contributed by atoms with Crippen molar-refractivity contribution in [3.63, 3.8) is 0 Å². The fraction of sp³-hybridized carbons (Fsp3) is 0.867. The van der Waals surface area contributed by atoms with E-state index in [2.05, 4.69) is 19.2 Å². The summed E-state index contributed by atoms with van der Waals surface area (Å²) in [5.74, 6) is 0.336. The second-order valence-electron chi connectivity index (χ2n) is 5.49. The Kier molecular flexibility index (Phi) is 9.62. The molecule has 0 aliphatic carbocycles. The zero-order valence-electron chi connectivity index (χ0n) is 13.7. The van der Waals surface area contributed by atoms with E-state index < -0.39 is 0 Å². The van der Waals surface area contributed by atoms with Gasteiger partial charge in [-0.2, -0.15) is 0 Å². The van der Waals surface area contributed by atoms with Gasteiger partial charge in [0, 0.05) is 51.1 Å². The molecular formula is C15H30ClN3O2. The molecule has 0 aromatic heterocycles. The van der Waals surface area contributed by atoms with E-state index in [1.54, 1.807) is 0 Å². The SMILES string of the molecule is CCN(CC)C(=O)CCCC(=O)N1CCNC(C)C1C.Cl. The minimum atomic E-state index is 0. The maximum absolute atomic E-state index is 12.2. The van der Waals surface area contributed by atoms with Crippen LogP contribution in [0.3, 0.4) is 0 Å². The number of hydrogen-bond acceptors (Lipinski definition) is 3.